The molecule has 2 atom stereocenters. The maximum atomic E-state index is 11.0. The van der Waals surface area contributed by atoms with E-state index in [-0.39, 0.29) is 11.7 Å². The minimum absolute atomic E-state index is 0.0421. The van der Waals surface area contributed by atoms with E-state index < -0.39 is 12.1 Å². The standard InChI is InChI=1S/C25H36N4O4S/c30-17-11-9-7-5-3-1-2-4-6-8-10-15-22(34-18-16-23(31)32)24(33)20-13-12-14-21(19-20)25-26-28-29-27-25/h6,8,10,12-15,19,22,24,30,33H,1-5,7,9,11,16-18H2,(H,31,32)(H,26,27,28,29)/b8-6-,15-10+/t22-,24+/m1/s1. The van der Waals surface area contributed by atoms with E-state index in [1.165, 1.54) is 37.4 Å². The number of carbonyl (C=O) groups is 1. The highest BCUT2D eigenvalue weighted by Crippen LogP contribution is 2.30. The number of benzene rings is 1. The third-order valence-electron chi connectivity index (χ3n) is 5.35. The number of carboxylic acid groups (broad SMARTS) is 1. The predicted molar refractivity (Wildman–Crippen MR) is 135 cm³/mol. The summed E-state index contributed by atoms with van der Waals surface area (Å²) in [5.41, 5.74) is 1.46. The van der Waals surface area contributed by atoms with Crippen molar-refractivity contribution in [1.29, 1.82) is 0 Å². The zero-order valence-electron chi connectivity index (χ0n) is 19.6. The zero-order chi connectivity index (χ0) is 24.4. The van der Waals surface area contributed by atoms with Gasteiger partial charge in [-0.25, -0.2) is 0 Å². The SMILES string of the molecule is O=C(O)CCS[C@H](/C=C/C=C\CCCCCCCCCO)[C@@H](O)c1cccc(-c2nn[nH]n2)c1. The number of rotatable bonds is 18. The Labute approximate surface area is 205 Å². The fourth-order valence-electron chi connectivity index (χ4n) is 3.48. The summed E-state index contributed by atoms with van der Waals surface area (Å²) in [6.45, 7) is 0.293. The normalized spacial score (nSPS) is 13.6. The summed E-state index contributed by atoms with van der Waals surface area (Å²) in [7, 11) is 0. The molecule has 0 saturated heterocycles. The lowest BCUT2D eigenvalue weighted by molar-refractivity contribution is -0.136. The Morgan fingerprint density at radius 3 is 2.56 bits per heavy atom. The highest BCUT2D eigenvalue weighted by molar-refractivity contribution is 8.00. The molecule has 0 aliphatic carbocycles. The summed E-state index contributed by atoms with van der Waals surface area (Å²) in [5, 5.41) is 42.5. The van der Waals surface area contributed by atoms with E-state index in [1.54, 1.807) is 0 Å². The Kier molecular flexibility index (Phi) is 13.9. The van der Waals surface area contributed by atoms with Crippen LogP contribution in [-0.2, 0) is 4.79 Å². The van der Waals surface area contributed by atoms with Crippen LogP contribution < -0.4 is 0 Å². The third kappa shape index (κ3) is 11.1. The number of carboxylic acids is 1. The van der Waals surface area contributed by atoms with Gasteiger partial charge in [0.15, 0.2) is 0 Å². The molecule has 1 heterocycles. The van der Waals surface area contributed by atoms with Gasteiger partial charge < -0.3 is 15.3 Å². The van der Waals surface area contributed by atoms with Gasteiger partial charge in [0, 0.05) is 17.9 Å². The molecule has 0 spiro atoms. The average molecular weight is 489 g/mol. The number of H-pyrrole nitrogens is 1. The van der Waals surface area contributed by atoms with Crippen LogP contribution in [0.15, 0.2) is 48.6 Å². The van der Waals surface area contributed by atoms with Gasteiger partial charge in [-0.2, -0.15) is 17.0 Å². The van der Waals surface area contributed by atoms with Gasteiger partial charge in [-0.1, -0.05) is 74.6 Å². The fourth-order valence-corrected chi connectivity index (χ4v) is 4.58. The van der Waals surface area contributed by atoms with Crippen molar-refractivity contribution in [3.8, 4) is 11.4 Å². The highest BCUT2D eigenvalue weighted by Gasteiger charge is 2.20. The quantitative estimate of drug-likeness (QED) is 0.175. The first-order valence-corrected chi connectivity index (χ1v) is 13.0. The Bertz CT molecular complexity index is 874. The van der Waals surface area contributed by atoms with Crippen molar-refractivity contribution in [2.24, 2.45) is 0 Å². The topological polar surface area (TPSA) is 132 Å². The van der Waals surface area contributed by atoms with Gasteiger partial charge in [0.25, 0.3) is 0 Å². The zero-order valence-corrected chi connectivity index (χ0v) is 20.4. The number of thioether (sulfide) groups is 1. The second-order valence-corrected chi connectivity index (χ2v) is 9.37. The number of nitrogens with zero attached hydrogens (tertiary/aromatic N) is 3. The largest absolute Gasteiger partial charge is 0.481 e. The Morgan fingerprint density at radius 2 is 1.85 bits per heavy atom. The number of aliphatic hydroxyl groups excluding tert-OH is 2. The number of nitrogens with one attached hydrogen (secondary N) is 1. The van der Waals surface area contributed by atoms with E-state index >= 15 is 0 Å². The average Bonchev–Trinajstić information content (AvgIpc) is 3.38. The molecule has 1 aromatic heterocycles. The molecular formula is C25H36N4O4S. The first kappa shape index (κ1) is 27.8. The maximum absolute atomic E-state index is 11.0. The Morgan fingerprint density at radius 1 is 1.09 bits per heavy atom. The van der Waals surface area contributed by atoms with Crippen LogP contribution in [0.25, 0.3) is 11.4 Å². The molecule has 8 nitrogen and oxygen atoms in total. The van der Waals surface area contributed by atoms with Crippen molar-refractivity contribution in [3.63, 3.8) is 0 Å². The van der Waals surface area contributed by atoms with Crippen LogP contribution in [0.2, 0.25) is 0 Å². The number of aliphatic hydroxyl groups is 2. The summed E-state index contributed by atoms with van der Waals surface area (Å²) in [4.78, 5) is 10.9. The number of unbranched alkanes of at least 4 members (excludes halogenated alkanes) is 7. The monoisotopic (exact) mass is 488 g/mol. The second-order valence-electron chi connectivity index (χ2n) is 8.09. The lowest BCUT2D eigenvalue weighted by atomic mass is 10.0. The van der Waals surface area contributed by atoms with Gasteiger partial charge in [0.05, 0.1) is 17.8 Å². The van der Waals surface area contributed by atoms with Gasteiger partial charge in [-0.15, -0.1) is 10.2 Å². The number of hydrogen-bond donors (Lipinski definition) is 4. The van der Waals surface area contributed by atoms with Gasteiger partial charge in [-0.3, -0.25) is 4.79 Å². The number of tetrazole rings is 1. The number of aliphatic carboxylic acids is 1. The summed E-state index contributed by atoms with van der Waals surface area (Å²) in [5.74, 6) is 0.0124. The second kappa shape index (κ2) is 17.0. The summed E-state index contributed by atoms with van der Waals surface area (Å²) >= 11 is 1.42. The molecule has 0 radical (unpaired) electrons. The Balaban J connectivity index is 1.87. The summed E-state index contributed by atoms with van der Waals surface area (Å²) in [6.07, 6.45) is 16.2. The van der Waals surface area contributed by atoms with Gasteiger partial charge in [-0.05, 0) is 36.1 Å². The van der Waals surface area contributed by atoms with Crippen molar-refractivity contribution >= 4 is 17.7 Å². The molecule has 0 bridgehead atoms. The van der Waals surface area contributed by atoms with Gasteiger partial charge in [0.1, 0.15) is 0 Å². The van der Waals surface area contributed by atoms with Crippen molar-refractivity contribution in [3.05, 3.63) is 54.1 Å². The van der Waals surface area contributed by atoms with E-state index in [0.717, 1.165) is 31.2 Å². The molecule has 2 aromatic rings. The molecule has 34 heavy (non-hydrogen) atoms. The number of allylic oxidation sites excluding steroid dienone is 3. The van der Waals surface area contributed by atoms with Crippen LogP contribution in [-0.4, -0.2) is 59.5 Å². The van der Waals surface area contributed by atoms with Crippen LogP contribution in [0.1, 0.15) is 69.5 Å². The molecule has 1 aromatic carbocycles. The van der Waals surface area contributed by atoms with Crippen LogP contribution in [0.5, 0.6) is 0 Å². The lowest BCUT2D eigenvalue weighted by Crippen LogP contribution is -2.14. The molecule has 186 valence electrons. The summed E-state index contributed by atoms with van der Waals surface area (Å²) < 4.78 is 0. The number of aromatic nitrogens is 4. The number of hydrogen-bond acceptors (Lipinski definition) is 7. The molecule has 4 N–H and O–H groups in total. The highest BCUT2D eigenvalue weighted by atomic mass is 32.2. The lowest BCUT2D eigenvalue weighted by Gasteiger charge is -2.20. The van der Waals surface area contributed by atoms with E-state index in [4.69, 9.17) is 10.2 Å². The molecule has 0 amide bonds. The van der Waals surface area contributed by atoms with Crippen LogP contribution >= 0.6 is 11.8 Å². The predicted octanol–water partition coefficient (Wildman–Crippen LogP) is 4.70. The molecule has 0 fully saturated rings. The van der Waals surface area contributed by atoms with E-state index in [0.29, 0.717) is 23.7 Å². The fraction of sp³-hybridized carbons (Fsp3) is 0.520. The van der Waals surface area contributed by atoms with Crippen molar-refractivity contribution in [2.45, 2.75) is 69.1 Å². The molecular weight excluding hydrogens is 452 g/mol. The number of aromatic amines is 1. The van der Waals surface area contributed by atoms with Gasteiger partial charge in [0.2, 0.25) is 5.82 Å². The molecule has 0 aliphatic heterocycles. The molecule has 0 saturated carbocycles. The van der Waals surface area contributed by atoms with Crippen molar-refractivity contribution in [1.82, 2.24) is 20.6 Å². The first-order valence-electron chi connectivity index (χ1n) is 11.9. The van der Waals surface area contributed by atoms with Crippen molar-refractivity contribution < 1.29 is 20.1 Å². The molecule has 2 rings (SSSR count). The molecule has 0 unspecified atom stereocenters. The van der Waals surface area contributed by atoms with Gasteiger partial charge >= 0.3 is 5.97 Å². The summed E-state index contributed by atoms with van der Waals surface area (Å²) in [6, 6.07) is 7.35. The van der Waals surface area contributed by atoms with Crippen LogP contribution in [0.3, 0.4) is 0 Å². The van der Waals surface area contributed by atoms with E-state index in [9.17, 15) is 9.90 Å². The van der Waals surface area contributed by atoms with E-state index in [1.807, 2.05) is 42.5 Å². The van der Waals surface area contributed by atoms with Crippen molar-refractivity contribution in [2.75, 3.05) is 12.4 Å². The molecule has 0 aliphatic rings. The van der Waals surface area contributed by atoms with Crippen LogP contribution in [0.4, 0.5) is 0 Å². The maximum Gasteiger partial charge on any atom is 0.304 e. The minimum atomic E-state index is -0.850. The smallest absolute Gasteiger partial charge is 0.304 e. The van der Waals surface area contributed by atoms with Crippen LogP contribution in [0, 0.1) is 0 Å². The van der Waals surface area contributed by atoms with E-state index in [2.05, 4.69) is 26.7 Å². The minimum Gasteiger partial charge on any atom is -0.481 e. The molecule has 9 heteroatoms. The third-order valence-corrected chi connectivity index (χ3v) is 6.59. The first-order chi connectivity index (χ1) is 16.6. The Hall–Kier alpha value is -2.49.